The van der Waals surface area contributed by atoms with Crippen molar-refractivity contribution in [2.24, 2.45) is 0 Å². The number of hydrogen-bond acceptors (Lipinski definition) is 2. The Morgan fingerprint density at radius 1 is 0.404 bits per heavy atom. The number of pyridine rings is 1. The Morgan fingerprint density at radius 2 is 0.942 bits per heavy atom. The zero-order valence-corrected chi connectivity index (χ0v) is 30.8. The van der Waals surface area contributed by atoms with Gasteiger partial charge < -0.3 is 4.40 Å². The van der Waals surface area contributed by atoms with Gasteiger partial charge in [0.15, 0.2) is 5.82 Å². The molecule has 4 nitrogen and oxygen atoms in total. The van der Waals surface area contributed by atoms with Crippen molar-refractivity contribution < 1.29 is 0 Å². The molecule has 0 atom stereocenters. The van der Waals surface area contributed by atoms with Crippen LogP contribution < -0.4 is 0 Å². The lowest BCUT2D eigenvalue weighted by molar-refractivity contribution is 1.05. The predicted molar refractivity (Wildman–Crippen MR) is 225 cm³/mol. The quantitative estimate of drug-likeness (QED) is 0.175. The molecule has 6 aromatic carbocycles. The molecule has 0 saturated carbocycles. The van der Waals surface area contributed by atoms with Crippen LogP contribution in [0.25, 0.3) is 88.4 Å². The van der Waals surface area contributed by atoms with E-state index in [1.165, 1.54) is 48.9 Å². The van der Waals surface area contributed by atoms with Gasteiger partial charge in [-0.25, -0.2) is 9.97 Å². The van der Waals surface area contributed by atoms with Crippen molar-refractivity contribution >= 4 is 59.9 Å². The molecular formula is C48H44N4. The maximum atomic E-state index is 5.30. The third-order valence-electron chi connectivity index (χ3n) is 9.28. The molecule has 52 heavy (non-hydrogen) atoms. The van der Waals surface area contributed by atoms with E-state index < -0.39 is 0 Å². The molecule has 4 heterocycles. The second-order valence-corrected chi connectivity index (χ2v) is 11.8. The van der Waals surface area contributed by atoms with Gasteiger partial charge in [0.1, 0.15) is 5.82 Å². The van der Waals surface area contributed by atoms with Crippen LogP contribution in [-0.2, 0) is 0 Å². The van der Waals surface area contributed by atoms with Gasteiger partial charge in [0, 0.05) is 49.5 Å². The molecule has 0 unspecified atom stereocenters. The smallest absolute Gasteiger partial charge is 0.162 e. The molecule has 0 radical (unpaired) electrons. The standard InChI is InChI=1S/C42H26N4.3C2H6/c1-3-13-27(14-4-1)34-26-39(44-42(43-34)28-15-5-2-6-16-28)46-36-21-11-8-18-30(36)31-23-24-33-38-25-29-17-7-10-20-35(29)45(38)37-22-12-9-19-32(37)40(33)41(31)46;3*1-2/h1-26H;3*1-2H3. The number of hydrogen-bond donors (Lipinski definition) is 0. The number of nitrogens with zero attached hydrogens (tertiary/aromatic N) is 4. The van der Waals surface area contributed by atoms with Gasteiger partial charge in [0.2, 0.25) is 0 Å². The summed E-state index contributed by atoms with van der Waals surface area (Å²) in [5, 5.41) is 7.28. The predicted octanol–water partition coefficient (Wildman–Crippen LogP) is 13.7. The maximum absolute atomic E-state index is 5.30. The lowest BCUT2D eigenvalue weighted by atomic mass is 10.0. The van der Waals surface area contributed by atoms with Gasteiger partial charge in [-0.05, 0) is 24.3 Å². The van der Waals surface area contributed by atoms with E-state index in [2.05, 4.69) is 142 Å². The first kappa shape index (κ1) is 34.2. The summed E-state index contributed by atoms with van der Waals surface area (Å²) >= 11 is 0. The Morgan fingerprint density at radius 3 is 1.65 bits per heavy atom. The van der Waals surface area contributed by atoms with Crippen LogP contribution in [-0.4, -0.2) is 18.9 Å². The van der Waals surface area contributed by atoms with E-state index in [1.807, 2.05) is 65.8 Å². The SMILES string of the molecule is CC.CC.CC.c1ccc(-c2cc(-n3c4ccccc4c4ccc5c(c6ccccc6n6c7ccccc7cc56)c43)nc(-c3ccccc3)n2)cc1. The molecule has 4 aromatic heterocycles. The molecule has 0 N–H and O–H groups in total. The first-order chi connectivity index (χ1) is 25.8. The molecule has 10 rings (SSSR count). The number of aromatic nitrogens is 4. The van der Waals surface area contributed by atoms with E-state index in [9.17, 15) is 0 Å². The Bertz CT molecular complexity index is 2730. The fourth-order valence-electron chi connectivity index (χ4n) is 7.30. The van der Waals surface area contributed by atoms with Gasteiger partial charge in [-0.3, -0.25) is 4.57 Å². The van der Waals surface area contributed by atoms with Crippen molar-refractivity contribution in [1.29, 1.82) is 0 Å². The summed E-state index contributed by atoms with van der Waals surface area (Å²) in [4.78, 5) is 10.4. The Hall–Kier alpha value is -6.26. The van der Waals surface area contributed by atoms with Crippen molar-refractivity contribution in [3.63, 3.8) is 0 Å². The van der Waals surface area contributed by atoms with Crippen LogP contribution in [0.5, 0.6) is 0 Å². The largest absolute Gasteiger partial charge is 0.309 e. The molecule has 0 amide bonds. The van der Waals surface area contributed by atoms with Crippen LogP contribution >= 0.6 is 0 Å². The molecule has 10 aromatic rings. The summed E-state index contributed by atoms with van der Waals surface area (Å²) in [6.07, 6.45) is 0. The van der Waals surface area contributed by atoms with Gasteiger partial charge >= 0.3 is 0 Å². The Kier molecular flexibility index (Phi) is 9.81. The monoisotopic (exact) mass is 676 g/mol. The highest BCUT2D eigenvalue weighted by Crippen LogP contribution is 2.42. The van der Waals surface area contributed by atoms with Crippen molar-refractivity contribution in [2.45, 2.75) is 41.5 Å². The van der Waals surface area contributed by atoms with Gasteiger partial charge in [0.25, 0.3) is 0 Å². The lowest BCUT2D eigenvalue weighted by Gasteiger charge is -2.15. The fraction of sp³-hybridized carbons (Fsp3) is 0.125. The van der Waals surface area contributed by atoms with Crippen LogP contribution in [0, 0.1) is 0 Å². The first-order valence-corrected chi connectivity index (χ1v) is 18.6. The minimum absolute atomic E-state index is 0.702. The Balaban J connectivity index is 0.000000669. The minimum atomic E-state index is 0.702. The molecule has 0 fully saturated rings. The highest BCUT2D eigenvalue weighted by atomic mass is 15.1. The molecule has 0 spiro atoms. The molecule has 0 aliphatic rings. The molecule has 4 heteroatoms. The number of fused-ring (bicyclic) bond motifs is 12. The topological polar surface area (TPSA) is 35.1 Å². The third kappa shape index (κ3) is 5.57. The van der Waals surface area contributed by atoms with E-state index in [4.69, 9.17) is 9.97 Å². The number of para-hydroxylation sites is 3. The van der Waals surface area contributed by atoms with Crippen molar-refractivity contribution in [3.05, 3.63) is 158 Å². The van der Waals surface area contributed by atoms with Crippen LogP contribution in [0.3, 0.4) is 0 Å². The second kappa shape index (κ2) is 14.9. The zero-order valence-electron chi connectivity index (χ0n) is 30.8. The van der Waals surface area contributed by atoms with Crippen molar-refractivity contribution in [2.75, 3.05) is 0 Å². The van der Waals surface area contributed by atoms with E-state index in [0.29, 0.717) is 5.82 Å². The van der Waals surface area contributed by atoms with Gasteiger partial charge in [-0.1, -0.05) is 169 Å². The maximum Gasteiger partial charge on any atom is 0.162 e. The lowest BCUT2D eigenvalue weighted by Crippen LogP contribution is -2.03. The average molecular weight is 677 g/mol. The highest BCUT2D eigenvalue weighted by molar-refractivity contribution is 6.28. The Labute approximate surface area is 305 Å². The molecule has 256 valence electrons. The molecular weight excluding hydrogens is 633 g/mol. The van der Waals surface area contributed by atoms with Crippen LogP contribution in [0.15, 0.2) is 158 Å². The van der Waals surface area contributed by atoms with E-state index in [1.54, 1.807) is 0 Å². The fourth-order valence-corrected chi connectivity index (χ4v) is 7.30. The highest BCUT2D eigenvalue weighted by Gasteiger charge is 2.21. The second-order valence-electron chi connectivity index (χ2n) is 11.8. The molecule has 0 saturated heterocycles. The molecule has 0 bridgehead atoms. The summed E-state index contributed by atoms with van der Waals surface area (Å²) < 4.78 is 4.77. The van der Waals surface area contributed by atoms with E-state index >= 15 is 0 Å². The van der Waals surface area contributed by atoms with Crippen molar-refractivity contribution in [3.8, 4) is 28.5 Å². The summed E-state index contributed by atoms with van der Waals surface area (Å²) in [6.45, 7) is 12.0. The number of benzene rings is 6. The summed E-state index contributed by atoms with van der Waals surface area (Å²) in [7, 11) is 0. The normalized spacial score (nSPS) is 10.9. The summed E-state index contributed by atoms with van der Waals surface area (Å²) in [5.41, 5.74) is 8.80. The number of rotatable bonds is 3. The van der Waals surface area contributed by atoms with Gasteiger partial charge in [-0.15, -0.1) is 0 Å². The van der Waals surface area contributed by atoms with Crippen molar-refractivity contribution in [1.82, 2.24) is 18.9 Å². The zero-order chi connectivity index (χ0) is 36.2. The van der Waals surface area contributed by atoms with Crippen LogP contribution in [0.2, 0.25) is 0 Å². The third-order valence-corrected chi connectivity index (χ3v) is 9.28. The first-order valence-electron chi connectivity index (χ1n) is 18.6. The molecule has 0 aliphatic carbocycles. The minimum Gasteiger partial charge on any atom is -0.309 e. The van der Waals surface area contributed by atoms with E-state index in [-0.39, 0.29) is 0 Å². The van der Waals surface area contributed by atoms with Gasteiger partial charge in [-0.2, -0.15) is 0 Å². The van der Waals surface area contributed by atoms with Gasteiger partial charge in [0.05, 0.1) is 33.3 Å². The van der Waals surface area contributed by atoms with Crippen LogP contribution in [0.4, 0.5) is 0 Å². The summed E-state index contributed by atoms with van der Waals surface area (Å²) in [6, 6.07) is 55.9. The average Bonchev–Trinajstić information content (AvgIpc) is 3.80. The summed E-state index contributed by atoms with van der Waals surface area (Å²) in [5.74, 6) is 1.55. The van der Waals surface area contributed by atoms with E-state index in [0.717, 1.165) is 33.7 Å². The molecule has 0 aliphatic heterocycles. The van der Waals surface area contributed by atoms with Crippen LogP contribution in [0.1, 0.15) is 41.5 Å².